The Bertz CT molecular complexity index is 688. The van der Waals surface area contributed by atoms with Gasteiger partial charge in [0.1, 0.15) is 17.2 Å². The van der Waals surface area contributed by atoms with Gasteiger partial charge in [-0.25, -0.2) is 0 Å². The molecule has 0 bridgehead atoms. The van der Waals surface area contributed by atoms with Gasteiger partial charge in [0.15, 0.2) is 0 Å². The lowest BCUT2D eigenvalue weighted by molar-refractivity contribution is -0.116. The molecule has 122 valence electrons. The Morgan fingerprint density at radius 1 is 1.04 bits per heavy atom. The number of aromatic hydroxyl groups is 2. The van der Waals surface area contributed by atoms with Gasteiger partial charge in [0, 0.05) is 12.0 Å². The summed E-state index contributed by atoms with van der Waals surface area (Å²) in [6, 6.07) is 12.9. The molecule has 0 aliphatic carbocycles. The maximum atomic E-state index is 12.1. The number of rotatable bonds is 4. The van der Waals surface area contributed by atoms with E-state index in [4.69, 9.17) is 0 Å². The summed E-state index contributed by atoms with van der Waals surface area (Å²) in [4.78, 5) is 12.1. The van der Waals surface area contributed by atoms with E-state index in [1.807, 2.05) is 51.1 Å². The number of aryl methyl sites for hydroxylation is 1. The number of carbonyl (C=O) groups is 1. The van der Waals surface area contributed by atoms with Crippen molar-refractivity contribution in [1.29, 1.82) is 0 Å². The number of carbonyl (C=O) groups excluding carboxylic acids is 1. The van der Waals surface area contributed by atoms with Crippen LogP contribution >= 0.6 is 0 Å². The standard InChI is InChI=1S/C19H23NO3/c1-19(2,3)14-10-11-15(21)17(18(14)23)20-16(22)12-9-13-7-5-4-6-8-13/h4-8,10-11,21,23H,9,12H2,1-3H3,(H,20,22). The van der Waals surface area contributed by atoms with Gasteiger partial charge < -0.3 is 15.5 Å². The summed E-state index contributed by atoms with van der Waals surface area (Å²) in [5.74, 6) is -0.459. The Morgan fingerprint density at radius 2 is 1.70 bits per heavy atom. The first kappa shape index (κ1) is 16.9. The number of anilines is 1. The van der Waals surface area contributed by atoms with Crippen LogP contribution in [-0.4, -0.2) is 16.1 Å². The van der Waals surface area contributed by atoms with Crippen LogP contribution in [0.5, 0.6) is 11.5 Å². The van der Waals surface area contributed by atoms with Crippen LogP contribution in [0, 0.1) is 0 Å². The number of phenols is 2. The smallest absolute Gasteiger partial charge is 0.224 e. The first-order valence-corrected chi connectivity index (χ1v) is 7.68. The van der Waals surface area contributed by atoms with Gasteiger partial charge >= 0.3 is 0 Å². The number of hydrogen-bond donors (Lipinski definition) is 3. The van der Waals surface area contributed by atoms with Gasteiger partial charge in [0.2, 0.25) is 5.91 Å². The maximum Gasteiger partial charge on any atom is 0.224 e. The van der Waals surface area contributed by atoms with E-state index >= 15 is 0 Å². The van der Waals surface area contributed by atoms with Crippen molar-refractivity contribution in [1.82, 2.24) is 0 Å². The van der Waals surface area contributed by atoms with Crippen LogP contribution in [0.2, 0.25) is 0 Å². The molecule has 4 heteroatoms. The zero-order valence-electron chi connectivity index (χ0n) is 13.8. The number of hydrogen-bond acceptors (Lipinski definition) is 3. The normalized spacial score (nSPS) is 11.3. The number of phenolic OH excluding ortho intramolecular Hbond substituents is 2. The predicted molar refractivity (Wildman–Crippen MR) is 91.9 cm³/mol. The third kappa shape index (κ3) is 4.25. The number of nitrogens with one attached hydrogen (secondary N) is 1. The molecule has 4 nitrogen and oxygen atoms in total. The molecule has 3 N–H and O–H groups in total. The molecule has 0 unspecified atom stereocenters. The molecule has 0 radical (unpaired) electrons. The molecule has 0 heterocycles. The van der Waals surface area contributed by atoms with Crippen molar-refractivity contribution in [2.24, 2.45) is 0 Å². The van der Waals surface area contributed by atoms with Gasteiger partial charge in [-0.05, 0) is 23.5 Å². The van der Waals surface area contributed by atoms with Crippen molar-refractivity contribution in [2.75, 3.05) is 5.32 Å². The highest BCUT2D eigenvalue weighted by Crippen LogP contribution is 2.41. The van der Waals surface area contributed by atoms with Gasteiger partial charge in [-0.15, -0.1) is 0 Å². The van der Waals surface area contributed by atoms with Crippen LogP contribution in [0.3, 0.4) is 0 Å². The summed E-state index contributed by atoms with van der Waals surface area (Å²) >= 11 is 0. The second kappa shape index (κ2) is 6.73. The molecule has 1 amide bonds. The molecule has 0 spiro atoms. The monoisotopic (exact) mass is 313 g/mol. The van der Waals surface area contributed by atoms with Gasteiger partial charge in [-0.2, -0.15) is 0 Å². The first-order chi connectivity index (χ1) is 10.8. The fourth-order valence-corrected chi connectivity index (χ4v) is 2.41. The third-order valence-corrected chi connectivity index (χ3v) is 3.71. The van der Waals surface area contributed by atoms with Gasteiger partial charge in [0.25, 0.3) is 0 Å². The molecular formula is C19H23NO3. The van der Waals surface area contributed by atoms with Crippen LogP contribution < -0.4 is 5.32 Å². The molecule has 2 aromatic rings. The van der Waals surface area contributed by atoms with Crippen LogP contribution in [0.15, 0.2) is 42.5 Å². The highest BCUT2D eigenvalue weighted by atomic mass is 16.3. The number of benzene rings is 2. The third-order valence-electron chi connectivity index (χ3n) is 3.71. The molecular weight excluding hydrogens is 290 g/mol. The van der Waals surface area contributed by atoms with Gasteiger partial charge in [-0.1, -0.05) is 57.2 Å². The molecule has 2 rings (SSSR count). The largest absolute Gasteiger partial charge is 0.506 e. The SMILES string of the molecule is CC(C)(C)c1ccc(O)c(NC(=O)CCc2ccccc2)c1O. The maximum absolute atomic E-state index is 12.1. The lowest BCUT2D eigenvalue weighted by atomic mass is 9.86. The molecule has 0 aliphatic heterocycles. The van der Waals surface area contributed by atoms with Crippen molar-refractivity contribution in [3.8, 4) is 11.5 Å². The van der Waals surface area contributed by atoms with E-state index in [0.29, 0.717) is 12.0 Å². The van der Waals surface area contributed by atoms with E-state index in [1.165, 1.54) is 6.07 Å². The topological polar surface area (TPSA) is 69.6 Å². The highest BCUT2D eigenvalue weighted by Gasteiger charge is 2.22. The minimum atomic E-state index is -0.290. The minimum absolute atomic E-state index is 0.0782. The van der Waals surface area contributed by atoms with Crippen molar-refractivity contribution >= 4 is 11.6 Å². The van der Waals surface area contributed by atoms with Crippen molar-refractivity contribution in [2.45, 2.75) is 39.0 Å². The van der Waals surface area contributed by atoms with E-state index in [1.54, 1.807) is 6.07 Å². The Morgan fingerprint density at radius 3 is 2.30 bits per heavy atom. The van der Waals surface area contributed by atoms with Gasteiger partial charge in [0.05, 0.1) is 0 Å². The molecule has 0 aromatic heterocycles. The Labute approximate surface area is 136 Å². The molecule has 0 saturated heterocycles. The summed E-state index contributed by atoms with van der Waals surface area (Å²) < 4.78 is 0. The molecule has 0 atom stereocenters. The lowest BCUT2D eigenvalue weighted by Gasteiger charge is -2.22. The minimum Gasteiger partial charge on any atom is -0.506 e. The summed E-state index contributed by atoms with van der Waals surface area (Å²) in [5.41, 5.74) is 1.53. The lowest BCUT2D eigenvalue weighted by Crippen LogP contribution is -2.15. The Balaban J connectivity index is 2.11. The second-order valence-corrected chi connectivity index (χ2v) is 6.64. The average molecular weight is 313 g/mol. The fraction of sp³-hybridized carbons (Fsp3) is 0.316. The van der Waals surface area contributed by atoms with Crippen LogP contribution in [0.25, 0.3) is 0 Å². The van der Waals surface area contributed by atoms with E-state index in [-0.39, 0.29) is 34.9 Å². The quantitative estimate of drug-likeness (QED) is 0.748. The summed E-state index contributed by atoms with van der Waals surface area (Å²) in [7, 11) is 0. The summed E-state index contributed by atoms with van der Waals surface area (Å²) in [6.45, 7) is 5.88. The van der Waals surface area contributed by atoms with E-state index in [2.05, 4.69) is 5.32 Å². The molecule has 0 aliphatic rings. The number of amides is 1. The summed E-state index contributed by atoms with van der Waals surface area (Å²) in [6.07, 6.45) is 0.885. The molecule has 0 fully saturated rings. The molecule has 2 aromatic carbocycles. The average Bonchev–Trinajstić information content (AvgIpc) is 2.49. The van der Waals surface area contributed by atoms with Crippen LogP contribution in [-0.2, 0) is 16.6 Å². The van der Waals surface area contributed by atoms with E-state index in [0.717, 1.165) is 5.56 Å². The van der Waals surface area contributed by atoms with Crippen LogP contribution in [0.4, 0.5) is 5.69 Å². The predicted octanol–water partition coefficient (Wildman–Crippen LogP) is 3.97. The zero-order valence-corrected chi connectivity index (χ0v) is 13.8. The zero-order chi connectivity index (χ0) is 17.0. The first-order valence-electron chi connectivity index (χ1n) is 7.68. The van der Waals surface area contributed by atoms with Crippen molar-refractivity contribution in [3.05, 3.63) is 53.6 Å². The highest BCUT2D eigenvalue weighted by molar-refractivity contribution is 5.94. The fourth-order valence-electron chi connectivity index (χ4n) is 2.41. The second-order valence-electron chi connectivity index (χ2n) is 6.64. The van der Waals surface area contributed by atoms with Crippen molar-refractivity contribution in [3.63, 3.8) is 0 Å². The van der Waals surface area contributed by atoms with E-state index in [9.17, 15) is 15.0 Å². The molecule has 23 heavy (non-hydrogen) atoms. The van der Waals surface area contributed by atoms with Crippen LogP contribution in [0.1, 0.15) is 38.3 Å². The van der Waals surface area contributed by atoms with Crippen molar-refractivity contribution < 1.29 is 15.0 Å². The Kier molecular flexibility index (Phi) is 4.94. The molecule has 0 saturated carbocycles. The van der Waals surface area contributed by atoms with Gasteiger partial charge in [-0.3, -0.25) is 4.79 Å². The van der Waals surface area contributed by atoms with E-state index < -0.39 is 0 Å². The Hall–Kier alpha value is -2.49. The summed E-state index contributed by atoms with van der Waals surface area (Å²) in [5, 5.41) is 22.9.